The van der Waals surface area contributed by atoms with E-state index in [1.54, 1.807) is 32.9 Å². The first-order valence-corrected chi connectivity index (χ1v) is 13.6. The minimum Gasteiger partial charge on any atom is -0.494 e. The third-order valence-corrected chi connectivity index (χ3v) is 6.86. The molecule has 0 atom stereocenters. The van der Waals surface area contributed by atoms with Crippen LogP contribution in [0.5, 0.6) is 11.5 Å². The number of furan rings is 1. The molecule has 4 aromatic rings. The first-order valence-electron chi connectivity index (χ1n) is 13.6. The van der Waals surface area contributed by atoms with Gasteiger partial charge in [0.2, 0.25) is 5.78 Å². The maximum atomic E-state index is 15.5. The maximum Gasteiger partial charge on any atom is 0.415 e. The van der Waals surface area contributed by atoms with Crippen LogP contribution in [0.15, 0.2) is 40.9 Å². The summed E-state index contributed by atoms with van der Waals surface area (Å²) >= 11 is 0. The number of anilines is 4. The van der Waals surface area contributed by atoms with Crippen LogP contribution in [-0.2, 0) is 4.74 Å². The molecule has 1 aliphatic rings. The number of fused-ring (bicyclic) bond motifs is 1. The van der Waals surface area contributed by atoms with Gasteiger partial charge in [-0.2, -0.15) is 0 Å². The Morgan fingerprint density at radius 2 is 1.74 bits per heavy atom. The number of carbonyl (C=O) groups is 2. The van der Waals surface area contributed by atoms with Crippen molar-refractivity contribution in [2.45, 2.75) is 52.2 Å². The molecule has 2 aromatic heterocycles. The average molecular weight is 595 g/mol. The summed E-state index contributed by atoms with van der Waals surface area (Å²) in [4.78, 5) is 33.3. The van der Waals surface area contributed by atoms with Gasteiger partial charge in [0.25, 0.3) is 0 Å². The lowest BCUT2D eigenvalue weighted by Crippen LogP contribution is -2.39. The highest BCUT2D eigenvalue weighted by atomic mass is 19.1. The number of para-hydroxylation sites is 1. The lowest BCUT2D eigenvalue weighted by atomic mass is 10.0. The molecule has 1 amide bonds. The van der Waals surface area contributed by atoms with Crippen LogP contribution in [0.1, 0.15) is 55.3 Å². The largest absolute Gasteiger partial charge is 0.494 e. The van der Waals surface area contributed by atoms with Gasteiger partial charge in [-0.1, -0.05) is 12.1 Å². The Hall–Kier alpha value is -4.87. The van der Waals surface area contributed by atoms with Crippen LogP contribution in [0.25, 0.3) is 11.0 Å². The molecule has 0 bridgehead atoms. The Morgan fingerprint density at radius 3 is 2.30 bits per heavy atom. The minimum atomic E-state index is -1.25. The van der Waals surface area contributed by atoms with Crippen LogP contribution < -0.4 is 25.4 Å². The maximum absolute atomic E-state index is 15.5. The number of carbonyl (C=O) groups excluding carboxylic acids is 2. The van der Waals surface area contributed by atoms with Crippen LogP contribution >= 0.6 is 0 Å². The number of nitrogen functional groups attached to an aromatic ring is 1. The van der Waals surface area contributed by atoms with E-state index < -0.39 is 51.9 Å². The van der Waals surface area contributed by atoms with Crippen molar-refractivity contribution in [1.29, 1.82) is 0 Å². The zero-order valence-electron chi connectivity index (χ0n) is 24.6. The first kappa shape index (κ1) is 29.6. The lowest BCUT2D eigenvalue weighted by molar-refractivity contribution is 0.0577. The number of hydrogen-bond donors (Lipinski definition) is 2. The number of rotatable bonds is 8. The first-order chi connectivity index (χ1) is 20.3. The molecular formula is C31H32F2N4O6. The van der Waals surface area contributed by atoms with Gasteiger partial charge in [-0.05, 0) is 58.2 Å². The second kappa shape index (κ2) is 11.1. The number of nitrogens with one attached hydrogen (secondary N) is 1. The fourth-order valence-electron chi connectivity index (χ4n) is 4.71. The van der Waals surface area contributed by atoms with Crippen molar-refractivity contribution in [3.63, 3.8) is 0 Å². The summed E-state index contributed by atoms with van der Waals surface area (Å²) < 4.78 is 52.6. The Balaban J connectivity index is 1.74. The standard InChI is InChI=1S/C31H32F2N4O6/c1-15-8-7-9-18(34)26(15)36-22-12-17-21(14-35-22)42-29(27(17)37(16-10-11-16)30(39)43-31(2,3)4)28(38)23-24(32)19(40-5)13-20(41-6)25(23)33/h7-9,12-14,16H,10-11,34H2,1-6H3,(H,35,36). The summed E-state index contributed by atoms with van der Waals surface area (Å²) in [5.74, 6) is -4.62. The van der Waals surface area contributed by atoms with Crippen molar-refractivity contribution in [2.75, 3.05) is 30.2 Å². The van der Waals surface area contributed by atoms with Crippen LogP contribution in [0.3, 0.4) is 0 Å². The molecule has 0 spiro atoms. The van der Waals surface area contributed by atoms with E-state index >= 15 is 8.78 Å². The Bertz CT molecular complexity index is 1690. The summed E-state index contributed by atoms with van der Waals surface area (Å²) in [7, 11) is 2.35. The number of halogens is 2. The van der Waals surface area contributed by atoms with Crippen molar-refractivity contribution >= 4 is 45.7 Å². The highest BCUT2D eigenvalue weighted by Crippen LogP contribution is 2.44. The van der Waals surface area contributed by atoms with E-state index in [1.807, 2.05) is 19.1 Å². The van der Waals surface area contributed by atoms with Gasteiger partial charge < -0.3 is 29.7 Å². The number of aryl methyl sites for hydroxylation is 1. The van der Waals surface area contributed by atoms with E-state index in [4.69, 9.17) is 24.4 Å². The second-order valence-corrected chi connectivity index (χ2v) is 11.2. The van der Waals surface area contributed by atoms with E-state index in [1.165, 1.54) is 25.3 Å². The predicted octanol–water partition coefficient (Wildman–Crippen LogP) is 6.89. The molecule has 0 radical (unpaired) electrons. The van der Waals surface area contributed by atoms with Gasteiger partial charge in [0, 0.05) is 12.1 Å². The van der Waals surface area contributed by atoms with E-state index in [0.717, 1.165) is 11.6 Å². The molecule has 2 heterocycles. The molecular weight excluding hydrogens is 562 g/mol. The number of hydrogen-bond acceptors (Lipinski definition) is 9. The summed E-state index contributed by atoms with van der Waals surface area (Å²) in [6.07, 6.45) is 1.84. The van der Waals surface area contributed by atoms with Gasteiger partial charge >= 0.3 is 6.09 Å². The lowest BCUT2D eigenvalue weighted by Gasteiger charge is -2.27. The summed E-state index contributed by atoms with van der Waals surface area (Å²) in [6.45, 7) is 7.00. The Morgan fingerprint density at radius 1 is 1.09 bits per heavy atom. The van der Waals surface area contributed by atoms with E-state index in [9.17, 15) is 9.59 Å². The van der Waals surface area contributed by atoms with Gasteiger partial charge in [-0.25, -0.2) is 18.6 Å². The smallest absolute Gasteiger partial charge is 0.415 e. The predicted molar refractivity (Wildman–Crippen MR) is 158 cm³/mol. The van der Waals surface area contributed by atoms with Crippen LogP contribution in [0.4, 0.5) is 36.5 Å². The molecule has 0 saturated heterocycles. The quantitative estimate of drug-likeness (QED) is 0.165. The van der Waals surface area contributed by atoms with Gasteiger partial charge in [0.05, 0.1) is 37.2 Å². The molecule has 43 heavy (non-hydrogen) atoms. The highest BCUT2D eigenvalue weighted by molar-refractivity contribution is 6.18. The number of amides is 1. The molecule has 1 aliphatic carbocycles. The number of ether oxygens (including phenoxy) is 3. The highest BCUT2D eigenvalue weighted by Gasteiger charge is 2.42. The third-order valence-electron chi connectivity index (χ3n) is 6.86. The summed E-state index contributed by atoms with van der Waals surface area (Å²) in [6, 6.07) is 7.66. The average Bonchev–Trinajstić information content (AvgIpc) is 3.70. The fraction of sp³-hybridized carbons (Fsp3) is 0.323. The van der Waals surface area contributed by atoms with E-state index in [2.05, 4.69) is 10.3 Å². The molecule has 10 nitrogen and oxygen atoms in total. The zero-order chi connectivity index (χ0) is 31.2. The number of ketones is 1. The SMILES string of the molecule is COc1cc(OC)c(F)c(C(=O)c2oc3cnc(Nc4c(C)cccc4N)cc3c2N(C(=O)OC(C)(C)C)C2CC2)c1F. The van der Waals surface area contributed by atoms with Crippen molar-refractivity contribution in [3.8, 4) is 11.5 Å². The van der Waals surface area contributed by atoms with Crippen molar-refractivity contribution in [3.05, 3.63) is 65.1 Å². The number of aromatic nitrogens is 1. The van der Waals surface area contributed by atoms with Crippen LogP contribution in [-0.4, -0.2) is 42.7 Å². The van der Waals surface area contributed by atoms with E-state index in [-0.39, 0.29) is 17.3 Å². The number of benzene rings is 2. The summed E-state index contributed by atoms with van der Waals surface area (Å²) in [5.41, 5.74) is 6.41. The molecule has 3 N–H and O–H groups in total. The molecule has 1 fully saturated rings. The molecule has 0 aliphatic heterocycles. The molecule has 5 rings (SSSR count). The van der Waals surface area contributed by atoms with Gasteiger partial charge in [0.1, 0.15) is 22.7 Å². The molecule has 226 valence electrons. The Kier molecular flexibility index (Phi) is 7.63. The molecule has 0 unspecified atom stereocenters. The Labute approximate surface area is 246 Å². The van der Waals surface area contributed by atoms with Crippen molar-refractivity contribution < 1.29 is 37.0 Å². The van der Waals surface area contributed by atoms with Crippen molar-refractivity contribution in [2.24, 2.45) is 0 Å². The van der Waals surface area contributed by atoms with Gasteiger partial charge in [-0.3, -0.25) is 9.69 Å². The number of pyridine rings is 1. The monoisotopic (exact) mass is 594 g/mol. The number of nitrogens with two attached hydrogens (primary N) is 1. The fourth-order valence-corrected chi connectivity index (χ4v) is 4.71. The van der Waals surface area contributed by atoms with Gasteiger partial charge in [0.15, 0.2) is 34.5 Å². The second-order valence-electron chi connectivity index (χ2n) is 11.2. The number of methoxy groups -OCH3 is 2. The topological polar surface area (TPSA) is 129 Å². The van der Waals surface area contributed by atoms with Crippen molar-refractivity contribution in [1.82, 2.24) is 4.98 Å². The van der Waals surface area contributed by atoms with Crippen LogP contribution in [0.2, 0.25) is 0 Å². The van der Waals surface area contributed by atoms with Crippen LogP contribution in [0, 0.1) is 18.6 Å². The molecule has 2 aromatic carbocycles. The number of nitrogens with zero attached hydrogens (tertiary/aromatic N) is 2. The van der Waals surface area contributed by atoms with E-state index in [0.29, 0.717) is 35.4 Å². The molecule has 1 saturated carbocycles. The minimum absolute atomic E-state index is 0.000502. The molecule has 12 heteroatoms. The zero-order valence-corrected chi connectivity index (χ0v) is 24.6. The third kappa shape index (κ3) is 5.64. The van der Waals surface area contributed by atoms with Gasteiger partial charge in [-0.15, -0.1) is 0 Å². The summed E-state index contributed by atoms with van der Waals surface area (Å²) in [5, 5.41) is 3.47. The normalized spacial score (nSPS) is 13.1.